The standard InChI is InChI=1S/C10H12N4O2/c1-2-6-14-8(3-5-11-14)10(15)12-9-4-7-16-13-9/h3-5,7H,2,6H2,1H3,(H,12,13,15). The molecule has 16 heavy (non-hydrogen) atoms. The molecule has 2 heterocycles. The summed E-state index contributed by atoms with van der Waals surface area (Å²) in [7, 11) is 0. The number of hydrogen-bond acceptors (Lipinski definition) is 4. The number of aromatic nitrogens is 3. The van der Waals surface area contributed by atoms with Gasteiger partial charge in [0.1, 0.15) is 12.0 Å². The second kappa shape index (κ2) is 4.61. The van der Waals surface area contributed by atoms with Crippen molar-refractivity contribution < 1.29 is 9.32 Å². The fourth-order valence-corrected chi connectivity index (χ4v) is 1.37. The first-order chi connectivity index (χ1) is 7.81. The molecule has 2 aromatic heterocycles. The fraction of sp³-hybridized carbons (Fsp3) is 0.300. The monoisotopic (exact) mass is 220 g/mol. The van der Waals surface area contributed by atoms with Crippen LogP contribution in [0.25, 0.3) is 0 Å². The molecule has 0 bridgehead atoms. The van der Waals surface area contributed by atoms with Crippen molar-refractivity contribution in [1.29, 1.82) is 0 Å². The molecule has 0 saturated carbocycles. The zero-order chi connectivity index (χ0) is 11.4. The first-order valence-electron chi connectivity index (χ1n) is 5.05. The van der Waals surface area contributed by atoms with Gasteiger partial charge in [-0.25, -0.2) is 0 Å². The van der Waals surface area contributed by atoms with E-state index in [1.807, 2.05) is 6.92 Å². The Morgan fingerprint density at radius 1 is 1.56 bits per heavy atom. The van der Waals surface area contributed by atoms with Crippen LogP contribution in [0.5, 0.6) is 0 Å². The van der Waals surface area contributed by atoms with Gasteiger partial charge in [0.2, 0.25) is 0 Å². The van der Waals surface area contributed by atoms with Crippen molar-refractivity contribution in [2.24, 2.45) is 0 Å². The molecule has 0 fully saturated rings. The van der Waals surface area contributed by atoms with Gasteiger partial charge in [0, 0.05) is 18.8 Å². The molecule has 6 nitrogen and oxygen atoms in total. The number of carbonyl (C=O) groups excluding carboxylic acids is 1. The van der Waals surface area contributed by atoms with E-state index in [9.17, 15) is 4.79 Å². The minimum Gasteiger partial charge on any atom is -0.363 e. The van der Waals surface area contributed by atoms with E-state index < -0.39 is 0 Å². The van der Waals surface area contributed by atoms with Crippen molar-refractivity contribution in [1.82, 2.24) is 14.9 Å². The van der Waals surface area contributed by atoms with E-state index in [2.05, 4.69) is 20.1 Å². The van der Waals surface area contributed by atoms with Gasteiger partial charge in [-0.15, -0.1) is 0 Å². The number of nitrogens with one attached hydrogen (secondary N) is 1. The van der Waals surface area contributed by atoms with Crippen LogP contribution in [0.3, 0.4) is 0 Å². The Labute approximate surface area is 92.2 Å². The second-order valence-corrected chi connectivity index (χ2v) is 3.28. The van der Waals surface area contributed by atoms with Crippen LogP contribution < -0.4 is 5.32 Å². The number of nitrogens with zero attached hydrogens (tertiary/aromatic N) is 3. The molecule has 1 amide bonds. The number of aryl methyl sites for hydroxylation is 1. The third-order valence-corrected chi connectivity index (χ3v) is 2.06. The molecule has 0 atom stereocenters. The third kappa shape index (κ3) is 2.10. The summed E-state index contributed by atoms with van der Waals surface area (Å²) < 4.78 is 6.29. The molecule has 0 aliphatic rings. The lowest BCUT2D eigenvalue weighted by atomic mass is 10.3. The number of anilines is 1. The largest absolute Gasteiger partial charge is 0.363 e. The van der Waals surface area contributed by atoms with E-state index in [0.717, 1.165) is 6.42 Å². The lowest BCUT2D eigenvalue weighted by molar-refractivity contribution is 0.101. The van der Waals surface area contributed by atoms with Crippen LogP contribution in [0.2, 0.25) is 0 Å². The fourth-order valence-electron chi connectivity index (χ4n) is 1.37. The first-order valence-corrected chi connectivity index (χ1v) is 5.05. The average molecular weight is 220 g/mol. The maximum Gasteiger partial charge on any atom is 0.275 e. The molecule has 0 aliphatic heterocycles. The minimum absolute atomic E-state index is 0.236. The summed E-state index contributed by atoms with van der Waals surface area (Å²) >= 11 is 0. The Bertz CT molecular complexity index is 461. The predicted molar refractivity (Wildman–Crippen MR) is 57.0 cm³/mol. The Kier molecular flexibility index (Phi) is 3.00. The van der Waals surface area contributed by atoms with Crippen molar-refractivity contribution in [2.75, 3.05) is 5.32 Å². The SMILES string of the molecule is CCCn1nccc1C(=O)Nc1ccon1. The first kappa shape index (κ1) is 10.4. The lowest BCUT2D eigenvalue weighted by Crippen LogP contribution is -2.17. The smallest absolute Gasteiger partial charge is 0.275 e. The number of rotatable bonds is 4. The molecule has 1 N–H and O–H groups in total. The summed E-state index contributed by atoms with van der Waals surface area (Å²) in [4.78, 5) is 11.8. The number of hydrogen-bond donors (Lipinski definition) is 1. The molecule has 0 aromatic carbocycles. The highest BCUT2D eigenvalue weighted by Gasteiger charge is 2.12. The normalized spacial score (nSPS) is 10.3. The van der Waals surface area contributed by atoms with Crippen molar-refractivity contribution in [3.8, 4) is 0 Å². The predicted octanol–water partition coefficient (Wildman–Crippen LogP) is 1.53. The highest BCUT2D eigenvalue weighted by molar-refractivity contribution is 6.02. The van der Waals surface area contributed by atoms with Gasteiger partial charge >= 0.3 is 0 Å². The van der Waals surface area contributed by atoms with Gasteiger partial charge in [-0.3, -0.25) is 9.48 Å². The molecule has 2 rings (SSSR count). The highest BCUT2D eigenvalue weighted by atomic mass is 16.5. The minimum atomic E-state index is -0.236. The highest BCUT2D eigenvalue weighted by Crippen LogP contribution is 2.06. The summed E-state index contributed by atoms with van der Waals surface area (Å²) in [6, 6.07) is 3.25. The summed E-state index contributed by atoms with van der Waals surface area (Å²) in [6.45, 7) is 2.75. The van der Waals surface area contributed by atoms with Crippen molar-refractivity contribution >= 4 is 11.7 Å². The molecule has 84 valence electrons. The van der Waals surface area contributed by atoms with E-state index in [1.165, 1.54) is 6.26 Å². The Morgan fingerprint density at radius 3 is 3.12 bits per heavy atom. The van der Waals surface area contributed by atoms with Gasteiger partial charge in [-0.05, 0) is 12.5 Å². The zero-order valence-electron chi connectivity index (χ0n) is 8.88. The van der Waals surface area contributed by atoms with Crippen LogP contribution in [0.4, 0.5) is 5.82 Å². The summed E-state index contributed by atoms with van der Waals surface area (Å²) in [5, 5.41) is 10.3. The number of amides is 1. The van der Waals surface area contributed by atoms with E-state index in [0.29, 0.717) is 18.1 Å². The zero-order valence-corrected chi connectivity index (χ0v) is 8.88. The van der Waals surface area contributed by atoms with Crippen molar-refractivity contribution in [3.63, 3.8) is 0 Å². The molecule has 0 spiro atoms. The molecule has 2 aromatic rings. The van der Waals surface area contributed by atoms with E-state index in [4.69, 9.17) is 0 Å². The molecule has 0 unspecified atom stereocenters. The molecule has 0 radical (unpaired) electrons. The van der Waals surface area contributed by atoms with Crippen LogP contribution in [0, 0.1) is 0 Å². The average Bonchev–Trinajstić information content (AvgIpc) is 2.89. The topological polar surface area (TPSA) is 73.0 Å². The van der Waals surface area contributed by atoms with Gasteiger partial charge in [0.05, 0.1) is 0 Å². The summed E-state index contributed by atoms with van der Waals surface area (Å²) in [5.74, 6) is 0.161. The van der Waals surface area contributed by atoms with Crippen LogP contribution in [0.15, 0.2) is 29.1 Å². The van der Waals surface area contributed by atoms with E-state index >= 15 is 0 Å². The third-order valence-electron chi connectivity index (χ3n) is 2.06. The van der Waals surface area contributed by atoms with Gasteiger partial charge in [0.15, 0.2) is 5.82 Å². The van der Waals surface area contributed by atoms with Gasteiger partial charge in [0.25, 0.3) is 5.91 Å². The summed E-state index contributed by atoms with van der Waals surface area (Å²) in [5.41, 5.74) is 0.518. The van der Waals surface area contributed by atoms with E-state index in [1.54, 1.807) is 23.0 Å². The Balaban J connectivity index is 2.11. The van der Waals surface area contributed by atoms with E-state index in [-0.39, 0.29) is 5.91 Å². The van der Waals surface area contributed by atoms with Crippen LogP contribution in [0.1, 0.15) is 23.8 Å². The maximum absolute atomic E-state index is 11.8. The van der Waals surface area contributed by atoms with Crippen LogP contribution >= 0.6 is 0 Å². The van der Waals surface area contributed by atoms with Gasteiger partial charge < -0.3 is 9.84 Å². The molecular formula is C10H12N4O2. The number of carbonyl (C=O) groups is 1. The summed E-state index contributed by atoms with van der Waals surface area (Å²) in [6.07, 6.45) is 3.93. The lowest BCUT2D eigenvalue weighted by Gasteiger charge is -2.04. The maximum atomic E-state index is 11.8. The molecule has 0 saturated heterocycles. The molecule has 0 aliphatic carbocycles. The van der Waals surface area contributed by atoms with Crippen molar-refractivity contribution in [2.45, 2.75) is 19.9 Å². The molecule has 6 heteroatoms. The van der Waals surface area contributed by atoms with Crippen LogP contribution in [-0.4, -0.2) is 20.8 Å². The van der Waals surface area contributed by atoms with Crippen molar-refractivity contribution in [3.05, 3.63) is 30.3 Å². The van der Waals surface area contributed by atoms with Gasteiger partial charge in [-0.2, -0.15) is 5.10 Å². The second-order valence-electron chi connectivity index (χ2n) is 3.28. The van der Waals surface area contributed by atoms with Gasteiger partial charge in [-0.1, -0.05) is 12.1 Å². The molecular weight excluding hydrogens is 208 g/mol. The van der Waals surface area contributed by atoms with Crippen LogP contribution in [-0.2, 0) is 6.54 Å². The Morgan fingerprint density at radius 2 is 2.44 bits per heavy atom. The quantitative estimate of drug-likeness (QED) is 0.848. The Hall–Kier alpha value is -2.11.